The minimum Gasteiger partial charge on any atom is -0.439 e. The Morgan fingerprint density at radius 1 is 1.00 bits per heavy atom. The second-order valence-electron chi connectivity index (χ2n) is 6.15. The fourth-order valence-electron chi connectivity index (χ4n) is 2.99. The van der Waals surface area contributed by atoms with E-state index < -0.39 is 12.2 Å². The number of rotatable bonds is 2. The number of benzene rings is 1. The van der Waals surface area contributed by atoms with Crippen molar-refractivity contribution in [2.75, 3.05) is 0 Å². The van der Waals surface area contributed by atoms with Crippen LogP contribution in [0.4, 0.5) is 4.79 Å². The Hall–Kier alpha value is -4.16. The van der Waals surface area contributed by atoms with E-state index in [1.165, 1.54) is 0 Å². The van der Waals surface area contributed by atoms with E-state index in [2.05, 4.69) is 33.2 Å². The number of ether oxygens (including phenoxy) is 1. The Kier molecular flexibility index (Phi) is 4.69. The third kappa shape index (κ3) is 3.67. The number of alkyl carbamates (subject to hydrolysis) is 1. The zero-order valence-electron chi connectivity index (χ0n) is 14.7. The fraction of sp³-hybridized carbons (Fsp3) is 0.0909. The maximum absolute atomic E-state index is 11.8. The maximum Gasteiger partial charge on any atom is 0.408 e. The third-order valence-corrected chi connectivity index (χ3v) is 4.29. The summed E-state index contributed by atoms with van der Waals surface area (Å²) in [6.07, 6.45) is 4.05. The van der Waals surface area contributed by atoms with Gasteiger partial charge in [-0.25, -0.2) is 9.78 Å². The van der Waals surface area contributed by atoms with Crippen LogP contribution in [-0.4, -0.2) is 16.1 Å². The van der Waals surface area contributed by atoms with E-state index in [0.29, 0.717) is 11.3 Å². The molecule has 134 valence electrons. The van der Waals surface area contributed by atoms with Gasteiger partial charge in [0, 0.05) is 29.7 Å². The molecule has 3 aromatic rings. The Morgan fingerprint density at radius 2 is 1.89 bits per heavy atom. The summed E-state index contributed by atoms with van der Waals surface area (Å²) in [5, 5.41) is 11.8. The summed E-state index contributed by atoms with van der Waals surface area (Å²) in [4.78, 5) is 20.2. The first kappa shape index (κ1) is 17.3. The number of cyclic esters (lactones) is 1. The molecule has 0 unspecified atom stereocenters. The largest absolute Gasteiger partial charge is 0.439 e. The van der Waals surface area contributed by atoms with Gasteiger partial charge in [0.1, 0.15) is 5.69 Å². The summed E-state index contributed by atoms with van der Waals surface area (Å²) >= 11 is 0. The molecule has 1 aliphatic rings. The molecule has 1 aliphatic heterocycles. The number of hydrogen-bond acceptors (Lipinski definition) is 5. The maximum atomic E-state index is 11.8. The number of pyridine rings is 2. The van der Waals surface area contributed by atoms with Gasteiger partial charge in [-0.15, -0.1) is 0 Å². The molecule has 0 spiro atoms. The van der Waals surface area contributed by atoms with Crippen molar-refractivity contribution >= 4 is 6.09 Å². The lowest BCUT2D eigenvalue weighted by Crippen LogP contribution is -2.19. The number of amides is 1. The van der Waals surface area contributed by atoms with Gasteiger partial charge in [-0.05, 0) is 47.9 Å². The van der Waals surface area contributed by atoms with Crippen molar-refractivity contribution in [1.82, 2.24) is 15.3 Å². The summed E-state index contributed by atoms with van der Waals surface area (Å²) in [7, 11) is 0. The highest BCUT2D eigenvalue weighted by Crippen LogP contribution is 2.36. The van der Waals surface area contributed by atoms with Crippen molar-refractivity contribution in [3.8, 4) is 17.9 Å². The number of carbonyl (C=O) groups excluding carboxylic acids is 1. The van der Waals surface area contributed by atoms with Gasteiger partial charge in [-0.2, -0.15) is 5.26 Å². The molecule has 4 rings (SSSR count). The molecule has 1 saturated heterocycles. The van der Waals surface area contributed by atoms with Gasteiger partial charge in [0.15, 0.2) is 6.10 Å². The Labute approximate surface area is 161 Å². The summed E-state index contributed by atoms with van der Waals surface area (Å²) in [6, 6.07) is 16.1. The van der Waals surface area contributed by atoms with Gasteiger partial charge >= 0.3 is 6.09 Å². The predicted octanol–water partition coefficient (Wildman–Crippen LogP) is 3.27. The van der Waals surface area contributed by atoms with Crippen molar-refractivity contribution in [3.63, 3.8) is 0 Å². The van der Waals surface area contributed by atoms with E-state index >= 15 is 0 Å². The minimum atomic E-state index is -0.475. The lowest BCUT2D eigenvalue weighted by molar-refractivity contribution is 0.132. The van der Waals surface area contributed by atoms with Crippen LogP contribution in [0.25, 0.3) is 0 Å². The van der Waals surface area contributed by atoms with Gasteiger partial charge < -0.3 is 10.1 Å². The second kappa shape index (κ2) is 7.61. The van der Waals surface area contributed by atoms with E-state index in [0.717, 1.165) is 16.7 Å². The molecule has 2 atom stereocenters. The molecular weight excluding hydrogens is 352 g/mol. The van der Waals surface area contributed by atoms with Crippen LogP contribution >= 0.6 is 0 Å². The van der Waals surface area contributed by atoms with Crippen molar-refractivity contribution in [3.05, 3.63) is 95.1 Å². The lowest BCUT2D eigenvalue weighted by Gasteiger charge is -2.17. The summed E-state index contributed by atoms with van der Waals surface area (Å²) in [5.41, 5.74) is 3.50. The van der Waals surface area contributed by atoms with E-state index in [9.17, 15) is 4.79 Å². The highest BCUT2D eigenvalue weighted by Gasteiger charge is 2.36. The molecular formula is C22H14N4O2. The van der Waals surface area contributed by atoms with E-state index in [-0.39, 0.29) is 6.04 Å². The minimum absolute atomic E-state index is 0.359. The molecule has 28 heavy (non-hydrogen) atoms. The molecule has 6 heteroatoms. The predicted molar refractivity (Wildman–Crippen MR) is 101 cm³/mol. The molecule has 0 aliphatic carbocycles. The van der Waals surface area contributed by atoms with Crippen molar-refractivity contribution in [1.29, 1.82) is 5.26 Å². The average Bonchev–Trinajstić information content (AvgIpc) is 3.15. The van der Waals surface area contributed by atoms with Crippen molar-refractivity contribution < 1.29 is 9.53 Å². The van der Waals surface area contributed by atoms with E-state index in [1.54, 1.807) is 42.9 Å². The Bertz CT molecular complexity index is 1130. The van der Waals surface area contributed by atoms with Crippen LogP contribution < -0.4 is 5.32 Å². The second-order valence-corrected chi connectivity index (χ2v) is 6.15. The molecule has 2 aromatic heterocycles. The number of hydrogen-bond donors (Lipinski definition) is 1. The monoisotopic (exact) mass is 366 g/mol. The van der Waals surface area contributed by atoms with Crippen LogP contribution in [0.5, 0.6) is 0 Å². The van der Waals surface area contributed by atoms with Gasteiger partial charge in [0.2, 0.25) is 0 Å². The number of nitrogens with one attached hydrogen (secondary N) is 1. The number of aromatic nitrogens is 2. The molecule has 1 N–H and O–H groups in total. The molecule has 1 amide bonds. The molecule has 6 nitrogen and oxygen atoms in total. The quantitative estimate of drug-likeness (QED) is 0.703. The van der Waals surface area contributed by atoms with Crippen LogP contribution in [0.15, 0.2) is 67.1 Å². The van der Waals surface area contributed by atoms with Gasteiger partial charge in [-0.3, -0.25) is 4.98 Å². The van der Waals surface area contributed by atoms with Crippen molar-refractivity contribution in [2.24, 2.45) is 0 Å². The van der Waals surface area contributed by atoms with Crippen LogP contribution in [0.1, 0.15) is 40.1 Å². The first-order valence-corrected chi connectivity index (χ1v) is 8.58. The van der Waals surface area contributed by atoms with Crippen LogP contribution in [0.3, 0.4) is 0 Å². The standard InChI is InChI=1S/C22H14N4O2/c23-13-16-4-1-3-15(11-16)6-7-19-12-17(8-10-25-19)20-21(28-22(27)26-20)18-5-2-9-24-14-18/h1-5,8-12,14,20-21H,(H,26,27)/t20-,21-/m1/s1. The van der Waals surface area contributed by atoms with E-state index in [4.69, 9.17) is 10.00 Å². The molecule has 3 heterocycles. The fourth-order valence-corrected chi connectivity index (χ4v) is 2.99. The Balaban J connectivity index is 1.63. The van der Waals surface area contributed by atoms with Gasteiger partial charge in [0.25, 0.3) is 0 Å². The zero-order chi connectivity index (χ0) is 19.3. The summed E-state index contributed by atoms with van der Waals surface area (Å²) in [6.45, 7) is 0. The lowest BCUT2D eigenvalue weighted by atomic mass is 9.98. The molecule has 0 bridgehead atoms. The summed E-state index contributed by atoms with van der Waals surface area (Å²) < 4.78 is 5.43. The zero-order valence-corrected chi connectivity index (χ0v) is 14.7. The first-order chi connectivity index (χ1) is 13.7. The SMILES string of the molecule is N#Cc1cccc(C#Cc2cc([C@H]3NC(=O)O[C@@H]3c3cccnc3)ccn2)c1. The summed E-state index contributed by atoms with van der Waals surface area (Å²) in [5.74, 6) is 6.02. The smallest absolute Gasteiger partial charge is 0.408 e. The molecule has 1 aromatic carbocycles. The third-order valence-electron chi connectivity index (χ3n) is 4.29. The highest BCUT2D eigenvalue weighted by molar-refractivity contribution is 5.71. The average molecular weight is 366 g/mol. The highest BCUT2D eigenvalue weighted by atomic mass is 16.6. The van der Waals surface area contributed by atoms with Gasteiger partial charge in [-0.1, -0.05) is 18.1 Å². The van der Waals surface area contributed by atoms with Crippen LogP contribution in [-0.2, 0) is 4.74 Å². The molecule has 1 fully saturated rings. The molecule has 0 saturated carbocycles. The number of nitriles is 1. The van der Waals surface area contributed by atoms with Crippen molar-refractivity contribution in [2.45, 2.75) is 12.1 Å². The molecule has 0 radical (unpaired) electrons. The first-order valence-electron chi connectivity index (χ1n) is 8.58. The van der Waals surface area contributed by atoms with Gasteiger partial charge in [0.05, 0.1) is 17.7 Å². The van der Waals surface area contributed by atoms with Crippen LogP contribution in [0.2, 0.25) is 0 Å². The topological polar surface area (TPSA) is 87.9 Å². The normalized spacial score (nSPS) is 17.6. The van der Waals surface area contributed by atoms with Crippen LogP contribution in [0, 0.1) is 23.2 Å². The number of nitrogens with zero attached hydrogens (tertiary/aromatic N) is 3. The Morgan fingerprint density at radius 3 is 2.71 bits per heavy atom. The number of carbonyl (C=O) groups is 1. The van der Waals surface area contributed by atoms with E-state index in [1.807, 2.05) is 24.3 Å².